The Labute approximate surface area is 162 Å². The number of hydrogen-bond acceptors (Lipinski definition) is 3. The average molecular weight is 386 g/mol. The maximum absolute atomic E-state index is 12.2. The summed E-state index contributed by atoms with van der Waals surface area (Å²) in [7, 11) is 0. The molecule has 3 aromatic rings. The van der Waals surface area contributed by atoms with Crippen molar-refractivity contribution in [2.75, 3.05) is 11.1 Å². The quantitative estimate of drug-likeness (QED) is 0.587. The Morgan fingerprint density at radius 2 is 1.96 bits per heavy atom. The highest BCUT2D eigenvalue weighted by molar-refractivity contribution is 7.99. The molecule has 134 valence electrons. The third kappa shape index (κ3) is 4.90. The number of nitrogens with one attached hydrogen (secondary N) is 2. The van der Waals surface area contributed by atoms with E-state index < -0.39 is 0 Å². The molecule has 0 saturated carbocycles. The van der Waals surface area contributed by atoms with E-state index in [1.807, 2.05) is 50.2 Å². The van der Waals surface area contributed by atoms with E-state index in [1.54, 1.807) is 0 Å². The van der Waals surface area contributed by atoms with Gasteiger partial charge in [0.25, 0.3) is 0 Å². The molecule has 1 heterocycles. The van der Waals surface area contributed by atoms with Crippen molar-refractivity contribution in [1.82, 2.24) is 9.97 Å². The zero-order valence-corrected chi connectivity index (χ0v) is 16.2. The van der Waals surface area contributed by atoms with Crippen LogP contribution in [0.4, 0.5) is 5.69 Å². The van der Waals surface area contributed by atoms with Crippen LogP contribution in [0, 0.1) is 13.8 Å². The molecule has 26 heavy (non-hydrogen) atoms. The molecule has 4 nitrogen and oxygen atoms in total. The van der Waals surface area contributed by atoms with E-state index >= 15 is 0 Å². The van der Waals surface area contributed by atoms with Crippen LogP contribution in [-0.2, 0) is 11.2 Å². The molecular formula is C20H20ClN3OS. The van der Waals surface area contributed by atoms with Gasteiger partial charge in [-0.2, -0.15) is 0 Å². The highest BCUT2D eigenvalue weighted by atomic mass is 35.5. The highest BCUT2D eigenvalue weighted by Gasteiger charge is 2.11. The molecular weight excluding hydrogens is 366 g/mol. The van der Waals surface area contributed by atoms with Crippen molar-refractivity contribution in [3.63, 3.8) is 0 Å². The van der Waals surface area contributed by atoms with Gasteiger partial charge in [-0.25, -0.2) is 4.98 Å². The van der Waals surface area contributed by atoms with Gasteiger partial charge in [0.15, 0.2) is 5.16 Å². The lowest BCUT2D eigenvalue weighted by atomic mass is 10.1. The molecule has 0 spiro atoms. The van der Waals surface area contributed by atoms with Crippen molar-refractivity contribution in [2.24, 2.45) is 0 Å². The molecule has 0 saturated heterocycles. The summed E-state index contributed by atoms with van der Waals surface area (Å²) >= 11 is 7.53. The van der Waals surface area contributed by atoms with Gasteiger partial charge in [0.05, 0.1) is 22.2 Å². The first-order valence-corrected chi connectivity index (χ1v) is 9.66. The fourth-order valence-corrected chi connectivity index (χ4v) is 3.56. The third-order valence-corrected chi connectivity index (χ3v) is 5.10. The number of nitrogens with zero attached hydrogens (tertiary/aromatic N) is 1. The first-order valence-electron chi connectivity index (χ1n) is 8.29. The monoisotopic (exact) mass is 385 g/mol. The predicted molar refractivity (Wildman–Crippen MR) is 108 cm³/mol. The van der Waals surface area contributed by atoms with E-state index in [1.165, 1.54) is 17.3 Å². The number of carbonyl (C=O) groups excluding carboxylic acids is 1. The Morgan fingerprint density at radius 1 is 1.19 bits per heavy atom. The summed E-state index contributed by atoms with van der Waals surface area (Å²) < 4.78 is 0. The second kappa shape index (κ2) is 8.43. The van der Waals surface area contributed by atoms with Crippen LogP contribution in [0.5, 0.6) is 0 Å². The number of aromatic amines is 1. The minimum absolute atomic E-state index is 0.112. The zero-order chi connectivity index (χ0) is 18.5. The van der Waals surface area contributed by atoms with Crippen LogP contribution in [0.15, 0.2) is 53.7 Å². The van der Waals surface area contributed by atoms with Crippen molar-refractivity contribution in [1.29, 1.82) is 0 Å². The Hall–Kier alpha value is -2.24. The average Bonchev–Trinajstić information content (AvgIpc) is 2.96. The second-order valence-electron chi connectivity index (χ2n) is 6.10. The Morgan fingerprint density at radius 3 is 2.69 bits per heavy atom. The number of anilines is 1. The van der Waals surface area contributed by atoms with E-state index in [9.17, 15) is 4.79 Å². The van der Waals surface area contributed by atoms with Crippen molar-refractivity contribution in [2.45, 2.75) is 25.4 Å². The number of aromatic nitrogens is 2. The number of thioether (sulfide) groups is 1. The predicted octanol–water partition coefficient (Wildman–Crippen LogP) is 5.00. The summed E-state index contributed by atoms with van der Waals surface area (Å²) in [6.07, 6.45) is 0.773. The maximum Gasteiger partial charge on any atom is 0.234 e. The third-order valence-electron chi connectivity index (χ3n) is 3.92. The van der Waals surface area contributed by atoms with Crippen LogP contribution in [0.2, 0.25) is 5.02 Å². The minimum atomic E-state index is -0.112. The van der Waals surface area contributed by atoms with Crippen LogP contribution in [0.25, 0.3) is 0 Å². The molecule has 2 N–H and O–H groups in total. The number of carbonyl (C=O) groups is 1. The number of rotatable bonds is 6. The van der Waals surface area contributed by atoms with Crippen LogP contribution < -0.4 is 5.32 Å². The van der Waals surface area contributed by atoms with Crippen LogP contribution in [0.1, 0.15) is 22.5 Å². The molecule has 3 rings (SSSR count). The Kier molecular flexibility index (Phi) is 6.01. The van der Waals surface area contributed by atoms with E-state index in [4.69, 9.17) is 11.6 Å². The number of H-pyrrole nitrogens is 1. The number of amides is 1. The molecule has 6 heteroatoms. The van der Waals surface area contributed by atoms with E-state index in [0.29, 0.717) is 10.7 Å². The lowest BCUT2D eigenvalue weighted by Gasteiger charge is -2.07. The molecule has 0 fully saturated rings. The Balaban J connectivity index is 1.57. The van der Waals surface area contributed by atoms with E-state index in [0.717, 1.165) is 28.5 Å². The fourth-order valence-electron chi connectivity index (χ4n) is 2.54. The first-order chi connectivity index (χ1) is 12.5. The molecule has 0 aliphatic heterocycles. The van der Waals surface area contributed by atoms with Crippen molar-refractivity contribution >= 4 is 35.0 Å². The van der Waals surface area contributed by atoms with Gasteiger partial charge in [-0.05, 0) is 37.1 Å². The molecule has 2 aromatic carbocycles. The smallest absolute Gasteiger partial charge is 0.234 e. The molecule has 0 unspecified atom stereocenters. The molecule has 0 aliphatic rings. The normalized spacial score (nSPS) is 10.7. The van der Waals surface area contributed by atoms with Crippen LogP contribution >= 0.6 is 23.4 Å². The summed E-state index contributed by atoms with van der Waals surface area (Å²) in [4.78, 5) is 20.0. The summed E-state index contributed by atoms with van der Waals surface area (Å²) in [5, 5.41) is 4.13. The Bertz CT molecular complexity index is 909. The zero-order valence-electron chi connectivity index (χ0n) is 14.7. The van der Waals surface area contributed by atoms with Gasteiger partial charge in [-0.1, -0.05) is 59.8 Å². The van der Waals surface area contributed by atoms with E-state index in [2.05, 4.69) is 27.4 Å². The standard InChI is InChI=1S/C20H20ClN3OS/c1-13-8-9-17(16(21)10-13)23-19(25)12-26-20-22-14(2)18(24-20)11-15-6-4-3-5-7-15/h3-10H,11-12H2,1-2H3,(H,22,24)(H,23,25). The molecule has 0 atom stereocenters. The van der Waals surface area contributed by atoms with E-state index in [-0.39, 0.29) is 11.7 Å². The summed E-state index contributed by atoms with van der Waals surface area (Å²) in [6, 6.07) is 15.8. The van der Waals surface area contributed by atoms with Crippen molar-refractivity contribution in [3.8, 4) is 0 Å². The fraction of sp³-hybridized carbons (Fsp3) is 0.200. The van der Waals surface area contributed by atoms with Gasteiger partial charge in [0.2, 0.25) is 5.91 Å². The molecule has 0 radical (unpaired) electrons. The molecule has 1 amide bonds. The maximum atomic E-state index is 12.2. The lowest BCUT2D eigenvalue weighted by molar-refractivity contribution is -0.113. The van der Waals surface area contributed by atoms with Gasteiger partial charge in [-0.3, -0.25) is 4.79 Å². The van der Waals surface area contributed by atoms with Gasteiger partial charge in [-0.15, -0.1) is 0 Å². The van der Waals surface area contributed by atoms with Crippen LogP contribution in [0.3, 0.4) is 0 Å². The largest absolute Gasteiger partial charge is 0.337 e. The summed E-state index contributed by atoms with van der Waals surface area (Å²) in [6.45, 7) is 3.96. The van der Waals surface area contributed by atoms with Gasteiger partial charge in [0.1, 0.15) is 0 Å². The summed E-state index contributed by atoms with van der Waals surface area (Å²) in [5.41, 5.74) is 4.92. The number of hydrogen-bond donors (Lipinski definition) is 2. The van der Waals surface area contributed by atoms with Crippen molar-refractivity contribution in [3.05, 3.63) is 76.1 Å². The first kappa shape index (κ1) is 18.5. The molecule has 0 bridgehead atoms. The number of imidazole rings is 1. The number of benzene rings is 2. The number of aryl methyl sites for hydroxylation is 2. The summed E-state index contributed by atoms with van der Waals surface area (Å²) in [5.74, 6) is 0.154. The molecule has 1 aromatic heterocycles. The van der Waals surface area contributed by atoms with Gasteiger partial charge < -0.3 is 10.3 Å². The topological polar surface area (TPSA) is 57.8 Å². The van der Waals surface area contributed by atoms with Gasteiger partial charge in [0, 0.05) is 12.1 Å². The van der Waals surface area contributed by atoms with Gasteiger partial charge >= 0.3 is 0 Å². The second-order valence-corrected chi connectivity index (χ2v) is 7.47. The minimum Gasteiger partial charge on any atom is -0.337 e. The highest BCUT2D eigenvalue weighted by Crippen LogP contribution is 2.24. The lowest BCUT2D eigenvalue weighted by Crippen LogP contribution is -2.14. The molecule has 0 aliphatic carbocycles. The van der Waals surface area contributed by atoms with Crippen LogP contribution in [-0.4, -0.2) is 21.6 Å². The number of halogens is 1. The van der Waals surface area contributed by atoms with Crippen molar-refractivity contribution < 1.29 is 4.79 Å². The SMILES string of the molecule is Cc1ccc(NC(=O)CSc2nc(Cc3ccccc3)c(C)[nH]2)c(Cl)c1.